The molecule has 0 bridgehead atoms. The van der Waals surface area contributed by atoms with E-state index in [1.54, 1.807) is 12.1 Å². The summed E-state index contributed by atoms with van der Waals surface area (Å²) in [6, 6.07) is 14.2. The number of hydrogen-bond acceptors (Lipinski definition) is 4. The number of carboxylic acid groups (broad SMARTS) is 1. The fraction of sp³-hybridized carbons (Fsp3) is 0.136. The fourth-order valence-corrected chi connectivity index (χ4v) is 4.22. The van der Waals surface area contributed by atoms with Crippen molar-refractivity contribution < 1.29 is 31.8 Å². The Balaban J connectivity index is 1.73. The van der Waals surface area contributed by atoms with E-state index in [4.69, 9.17) is 16.3 Å². The molecule has 0 radical (unpaired) electrons. The lowest BCUT2D eigenvalue weighted by Crippen LogP contribution is -2.26. The lowest BCUT2D eigenvalue weighted by atomic mass is 10.1. The maximum absolute atomic E-state index is 13.4. The average Bonchev–Trinajstić information content (AvgIpc) is 2.75. The predicted molar refractivity (Wildman–Crippen MR) is 114 cm³/mol. The summed E-state index contributed by atoms with van der Waals surface area (Å²) in [5, 5.41) is 9.25. The summed E-state index contributed by atoms with van der Waals surface area (Å²) in [7, 11) is -2.43. The third-order valence-electron chi connectivity index (χ3n) is 4.58. The molecule has 6 nitrogen and oxygen atoms in total. The van der Waals surface area contributed by atoms with Crippen molar-refractivity contribution in [1.82, 2.24) is 4.31 Å². The van der Waals surface area contributed by atoms with Crippen LogP contribution in [0.15, 0.2) is 71.6 Å². The number of hydrogen-bond donors (Lipinski definition) is 1. The molecular weight excluding hydrogens is 464 g/mol. The number of rotatable bonds is 8. The second-order valence-corrected chi connectivity index (χ2v) is 9.32. The van der Waals surface area contributed by atoms with Crippen LogP contribution in [-0.2, 0) is 21.4 Å². The number of nitrogens with zero attached hydrogens (tertiary/aromatic N) is 1. The third-order valence-corrected chi connectivity index (χ3v) is 6.68. The Hall–Kier alpha value is -3.01. The molecular formula is C22H18ClF2NO5S. The molecule has 10 heteroatoms. The van der Waals surface area contributed by atoms with Crippen LogP contribution in [0.1, 0.15) is 17.2 Å². The lowest BCUT2D eigenvalue weighted by Gasteiger charge is -2.18. The Bertz CT molecular complexity index is 1220. The summed E-state index contributed by atoms with van der Waals surface area (Å²) in [6.07, 6.45) is -1.42. The van der Waals surface area contributed by atoms with Crippen molar-refractivity contribution in [3.05, 3.63) is 94.5 Å². The van der Waals surface area contributed by atoms with Gasteiger partial charge in [0.25, 0.3) is 0 Å². The van der Waals surface area contributed by atoms with E-state index in [2.05, 4.69) is 0 Å². The zero-order chi connectivity index (χ0) is 23.5. The van der Waals surface area contributed by atoms with E-state index in [-0.39, 0.29) is 27.8 Å². The Labute approximate surface area is 188 Å². The molecule has 0 saturated carbocycles. The van der Waals surface area contributed by atoms with E-state index >= 15 is 0 Å². The van der Waals surface area contributed by atoms with Crippen molar-refractivity contribution >= 4 is 27.6 Å². The van der Waals surface area contributed by atoms with Crippen LogP contribution in [0, 0.1) is 11.6 Å². The van der Waals surface area contributed by atoms with E-state index in [1.165, 1.54) is 43.4 Å². The average molecular weight is 482 g/mol. The third kappa shape index (κ3) is 5.42. The van der Waals surface area contributed by atoms with Gasteiger partial charge in [-0.25, -0.2) is 22.0 Å². The summed E-state index contributed by atoms with van der Waals surface area (Å²) in [5.74, 6) is -2.29. The quantitative estimate of drug-likeness (QED) is 0.506. The van der Waals surface area contributed by atoms with Crippen molar-refractivity contribution in [1.29, 1.82) is 0 Å². The minimum atomic E-state index is -3.82. The molecule has 3 rings (SSSR count). The highest BCUT2D eigenvalue weighted by Gasteiger charge is 2.24. The van der Waals surface area contributed by atoms with Gasteiger partial charge in [-0.2, -0.15) is 4.31 Å². The van der Waals surface area contributed by atoms with Crippen molar-refractivity contribution in [3.63, 3.8) is 0 Å². The monoisotopic (exact) mass is 481 g/mol. The van der Waals surface area contributed by atoms with Crippen molar-refractivity contribution in [2.24, 2.45) is 0 Å². The smallest absolute Gasteiger partial charge is 0.349 e. The number of carboxylic acids is 1. The van der Waals surface area contributed by atoms with Crippen molar-refractivity contribution in [3.8, 4) is 5.75 Å². The lowest BCUT2D eigenvalue weighted by molar-refractivity contribution is -0.145. The fourth-order valence-electron chi connectivity index (χ4n) is 2.87. The van der Waals surface area contributed by atoms with Crippen molar-refractivity contribution in [2.45, 2.75) is 17.5 Å². The molecule has 1 unspecified atom stereocenters. The van der Waals surface area contributed by atoms with E-state index in [9.17, 15) is 27.1 Å². The maximum atomic E-state index is 13.4. The van der Waals surface area contributed by atoms with E-state index in [1.807, 2.05) is 0 Å². The number of sulfonamides is 1. The van der Waals surface area contributed by atoms with E-state index in [0.29, 0.717) is 5.56 Å². The van der Waals surface area contributed by atoms with Gasteiger partial charge in [-0.15, -0.1) is 0 Å². The molecule has 0 aromatic heterocycles. The second-order valence-electron chi connectivity index (χ2n) is 6.87. The van der Waals surface area contributed by atoms with Crippen LogP contribution in [0.5, 0.6) is 5.75 Å². The number of carbonyl (C=O) groups is 1. The topological polar surface area (TPSA) is 83.9 Å². The Morgan fingerprint density at radius 1 is 1.06 bits per heavy atom. The van der Waals surface area contributed by atoms with Gasteiger partial charge in [0.2, 0.25) is 16.1 Å². The zero-order valence-electron chi connectivity index (χ0n) is 16.7. The molecule has 0 aliphatic carbocycles. The molecule has 3 aromatic carbocycles. The first kappa shape index (κ1) is 23.6. The number of ether oxygens (including phenoxy) is 1. The zero-order valence-corrected chi connectivity index (χ0v) is 18.3. The normalized spacial score (nSPS) is 12.5. The summed E-state index contributed by atoms with van der Waals surface area (Å²) >= 11 is 5.73. The van der Waals surface area contributed by atoms with Crippen LogP contribution in [0.3, 0.4) is 0 Å². The minimum Gasteiger partial charge on any atom is -0.478 e. The number of benzene rings is 3. The maximum Gasteiger partial charge on any atom is 0.349 e. The standard InChI is InChI=1S/C22H18ClF2NO5S/c1-26(32(29,30)18-9-5-16(24)6-10-18)13-14-2-7-17(8-3-14)31-21(22(27)28)15-4-11-20(25)19(23)12-15/h2-12,21H,13H2,1H3,(H,27,28). The highest BCUT2D eigenvalue weighted by atomic mass is 35.5. The van der Waals surface area contributed by atoms with Gasteiger partial charge in [-0.05, 0) is 54.1 Å². The van der Waals surface area contributed by atoms with Crippen LogP contribution >= 0.6 is 11.6 Å². The minimum absolute atomic E-state index is 0.0237. The molecule has 1 N–H and O–H groups in total. The molecule has 0 spiro atoms. The first-order valence-corrected chi connectivity index (χ1v) is 11.0. The van der Waals surface area contributed by atoms with Crippen LogP contribution in [0.25, 0.3) is 0 Å². The summed E-state index contributed by atoms with van der Waals surface area (Å²) in [5.41, 5.74) is 0.778. The highest BCUT2D eigenvalue weighted by Crippen LogP contribution is 2.27. The van der Waals surface area contributed by atoms with Gasteiger partial charge in [0.1, 0.15) is 17.4 Å². The molecule has 0 heterocycles. The van der Waals surface area contributed by atoms with Gasteiger partial charge in [0.05, 0.1) is 9.92 Å². The van der Waals surface area contributed by atoms with Gasteiger partial charge in [0.15, 0.2) is 0 Å². The first-order valence-electron chi connectivity index (χ1n) is 9.23. The van der Waals surface area contributed by atoms with Crippen LogP contribution < -0.4 is 4.74 Å². The summed E-state index contributed by atoms with van der Waals surface area (Å²) < 4.78 is 58.3. The van der Waals surface area contributed by atoms with E-state index < -0.39 is 33.7 Å². The largest absolute Gasteiger partial charge is 0.478 e. The van der Waals surface area contributed by atoms with Gasteiger partial charge in [-0.3, -0.25) is 0 Å². The molecule has 3 aromatic rings. The molecule has 0 amide bonds. The predicted octanol–water partition coefficient (Wildman–Crippen LogP) is 4.64. The van der Waals surface area contributed by atoms with Crippen LogP contribution in [0.4, 0.5) is 8.78 Å². The Kier molecular flexibility index (Phi) is 7.12. The number of halogens is 3. The Morgan fingerprint density at radius 3 is 2.25 bits per heavy atom. The number of aliphatic carboxylic acids is 1. The van der Waals surface area contributed by atoms with Crippen LogP contribution in [-0.4, -0.2) is 30.8 Å². The molecule has 32 heavy (non-hydrogen) atoms. The van der Waals surface area contributed by atoms with Gasteiger partial charge >= 0.3 is 5.97 Å². The first-order chi connectivity index (χ1) is 15.1. The van der Waals surface area contributed by atoms with Crippen LogP contribution in [0.2, 0.25) is 5.02 Å². The molecule has 168 valence electrons. The van der Waals surface area contributed by atoms with Gasteiger partial charge in [-0.1, -0.05) is 29.8 Å². The van der Waals surface area contributed by atoms with Crippen molar-refractivity contribution in [2.75, 3.05) is 7.05 Å². The Morgan fingerprint density at radius 2 is 1.69 bits per heavy atom. The molecule has 1 atom stereocenters. The van der Waals surface area contributed by atoms with Gasteiger partial charge < -0.3 is 9.84 Å². The SMILES string of the molecule is CN(Cc1ccc(OC(C(=O)O)c2ccc(F)c(Cl)c2)cc1)S(=O)(=O)c1ccc(F)cc1. The van der Waals surface area contributed by atoms with Gasteiger partial charge in [0, 0.05) is 19.2 Å². The second kappa shape index (κ2) is 9.64. The molecule has 0 fully saturated rings. The summed E-state index contributed by atoms with van der Waals surface area (Å²) in [4.78, 5) is 11.6. The molecule has 0 aliphatic heterocycles. The molecule has 0 aliphatic rings. The highest BCUT2D eigenvalue weighted by molar-refractivity contribution is 7.89. The van der Waals surface area contributed by atoms with E-state index in [0.717, 1.165) is 22.5 Å². The summed E-state index contributed by atoms with van der Waals surface area (Å²) in [6.45, 7) is 0.0237. The molecule has 0 saturated heterocycles.